The standard InChI is InChI=1S/C20H32N4O2/c1-24(2)18-12-10-16(11-13-18)15-22-19(25)9-6-14-21-20(26)23-17-7-4-3-5-8-17/h10-13,17H,3-9,14-15H2,1-2H3,(H,22,25)(H2,21,23,26). The molecule has 0 aliphatic heterocycles. The first-order valence-electron chi connectivity index (χ1n) is 9.62. The van der Waals surface area contributed by atoms with Crippen molar-refractivity contribution in [1.29, 1.82) is 0 Å². The molecule has 0 spiro atoms. The zero-order chi connectivity index (χ0) is 18.8. The Bertz CT molecular complexity index is 566. The van der Waals surface area contributed by atoms with Crippen LogP contribution in [0.3, 0.4) is 0 Å². The van der Waals surface area contributed by atoms with Gasteiger partial charge in [0.2, 0.25) is 5.91 Å². The number of carbonyl (C=O) groups excluding carboxylic acids is 2. The lowest BCUT2D eigenvalue weighted by Crippen LogP contribution is -2.43. The molecule has 1 aromatic carbocycles. The van der Waals surface area contributed by atoms with E-state index in [-0.39, 0.29) is 11.9 Å². The molecule has 2 rings (SSSR count). The van der Waals surface area contributed by atoms with Crippen LogP contribution in [0.4, 0.5) is 10.5 Å². The second-order valence-electron chi connectivity index (χ2n) is 7.18. The number of hydrogen-bond acceptors (Lipinski definition) is 3. The fourth-order valence-corrected chi connectivity index (χ4v) is 3.14. The molecule has 1 fully saturated rings. The van der Waals surface area contributed by atoms with E-state index < -0.39 is 0 Å². The zero-order valence-corrected chi connectivity index (χ0v) is 16.0. The minimum Gasteiger partial charge on any atom is -0.378 e. The Hall–Kier alpha value is -2.24. The quantitative estimate of drug-likeness (QED) is 0.624. The van der Waals surface area contributed by atoms with E-state index in [0.717, 1.165) is 24.1 Å². The van der Waals surface area contributed by atoms with Gasteiger partial charge in [-0.25, -0.2) is 4.79 Å². The van der Waals surface area contributed by atoms with E-state index in [2.05, 4.69) is 16.0 Å². The van der Waals surface area contributed by atoms with Gasteiger partial charge in [0.25, 0.3) is 0 Å². The summed E-state index contributed by atoms with van der Waals surface area (Å²) in [5.41, 5.74) is 2.21. The number of anilines is 1. The molecule has 0 atom stereocenters. The molecule has 26 heavy (non-hydrogen) atoms. The van der Waals surface area contributed by atoms with Crippen molar-refractivity contribution in [3.8, 4) is 0 Å². The smallest absolute Gasteiger partial charge is 0.315 e. The van der Waals surface area contributed by atoms with E-state index in [9.17, 15) is 9.59 Å². The second kappa shape index (κ2) is 10.7. The van der Waals surface area contributed by atoms with Crippen LogP contribution < -0.4 is 20.9 Å². The molecular weight excluding hydrogens is 328 g/mol. The molecule has 1 aliphatic rings. The van der Waals surface area contributed by atoms with Gasteiger partial charge in [-0.2, -0.15) is 0 Å². The SMILES string of the molecule is CN(C)c1ccc(CNC(=O)CCCNC(=O)NC2CCCCC2)cc1. The molecule has 0 unspecified atom stereocenters. The molecule has 6 heteroatoms. The minimum atomic E-state index is -0.113. The molecule has 0 radical (unpaired) electrons. The van der Waals surface area contributed by atoms with Crippen molar-refractivity contribution in [3.05, 3.63) is 29.8 Å². The maximum absolute atomic E-state index is 11.9. The Labute approximate surface area is 156 Å². The van der Waals surface area contributed by atoms with Gasteiger partial charge in [-0.15, -0.1) is 0 Å². The number of urea groups is 1. The van der Waals surface area contributed by atoms with Crippen molar-refractivity contribution in [2.75, 3.05) is 25.5 Å². The summed E-state index contributed by atoms with van der Waals surface area (Å²) in [5, 5.41) is 8.77. The fraction of sp³-hybridized carbons (Fsp3) is 0.600. The Balaban J connectivity index is 1.55. The van der Waals surface area contributed by atoms with E-state index >= 15 is 0 Å². The molecule has 3 amide bonds. The predicted octanol–water partition coefficient (Wildman–Crippen LogP) is 2.78. The van der Waals surface area contributed by atoms with Crippen LogP contribution in [-0.2, 0) is 11.3 Å². The van der Waals surface area contributed by atoms with Crippen molar-refractivity contribution in [3.63, 3.8) is 0 Å². The number of hydrogen-bond donors (Lipinski definition) is 3. The fourth-order valence-electron chi connectivity index (χ4n) is 3.14. The summed E-state index contributed by atoms with van der Waals surface area (Å²) in [6, 6.07) is 8.32. The third kappa shape index (κ3) is 7.33. The van der Waals surface area contributed by atoms with Gasteiger partial charge in [0.1, 0.15) is 0 Å². The number of nitrogens with zero attached hydrogens (tertiary/aromatic N) is 1. The van der Waals surface area contributed by atoms with Crippen LogP contribution >= 0.6 is 0 Å². The van der Waals surface area contributed by atoms with Crippen LogP contribution in [0.5, 0.6) is 0 Å². The normalized spacial score (nSPS) is 14.5. The number of carbonyl (C=O) groups is 2. The Morgan fingerprint density at radius 3 is 2.38 bits per heavy atom. The highest BCUT2D eigenvalue weighted by molar-refractivity contribution is 5.76. The molecule has 0 heterocycles. The average molecular weight is 361 g/mol. The van der Waals surface area contributed by atoms with Gasteiger partial charge in [0, 0.05) is 45.3 Å². The molecule has 1 aliphatic carbocycles. The Morgan fingerprint density at radius 1 is 1.04 bits per heavy atom. The van der Waals surface area contributed by atoms with Crippen LogP contribution in [0.15, 0.2) is 24.3 Å². The summed E-state index contributed by atoms with van der Waals surface area (Å²) in [7, 11) is 4.00. The summed E-state index contributed by atoms with van der Waals surface area (Å²) in [6.45, 7) is 1.05. The Kier molecular flexibility index (Phi) is 8.25. The molecule has 0 saturated heterocycles. The highest BCUT2D eigenvalue weighted by atomic mass is 16.2. The molecule has 144 valence electrons. The van der Waals surface area contributed by atoms with Gasteiger partial charge in [-0.3, -0.25) is 4.79 Å². The van der Waals surface area contributed by atoms with Gasteiger partial charge in [0.05, 0.1) is 0 Å². The topological polar surface area (TPSA) is 73.5 Å². The molecule has 0 bridgehead atoms. The summed E-state index contributed by atoms with van der Waals surface area (Å²) in [4.78, 5) is 25.8. The lowest BCUT2D eigenvalue weighted by molar-refractivity contribution is -0.121. The van der Waals surface area contributed by atoms with Crippen molar-refractivity contribution < 1.29 is 9.59 Å². The van der Waals surface area contributed by atoms with E-state index in [4.69, 9.17) is 0 Å². The minimum absolute atomic E-state index is 0.0103. The number of amides is 3. The molecule has 6 nitrogen and oxygen atoms in total. The maximum atomic E-state index is 11.9. The lowest BCUT2D eigenvalue weighted by atomic mass is 9.96. The van der Waals surface area contributed by atoms with Crippen LogP contribution in [0.1, 0.15) is 50.5 Å². The van der Waals surface area contributed by atoms with Gasteiger partial charge in [-0.1, -0.05) is 31.4 Å². The number of rotatable bonds is 8. The molecule has 0 aromatic heterocycles. The molecular formula is C20H32N4O2. The van der Waals surface area contributed by atoms with Crippen molar-refractivity contribution in [2.24, 2.45) is 0 Å². The first-order valence-corrected chi connectivity index (χ1v) is 9.62. The third-order valence-electron chi connectivity index (χ3n) is 4.75. The summed E-state index contributed by atoms with van der Waals surface area (Å²) >= 11 is 0. The van der Waals surface area contributed by atoms with Gasteiger partial charge >= 0.3 is 6.03 Å². The van der Waals surface area contributed by atoms with Crippen LogP contribution in [-0.4, -0.2) is 38.6 Å². The second-order valence-corrected chi connectivity index (χ2v) is 7.18. The largest absolute Gasteiger partial charge is 0.378 e. The van der Waals surface area contributed by atoms with Gasteiger partial charge < -0.3 is 20.9 Å². The molecule has 1 aromatic rings. The van der Waals surface area contributed by atoms with Crippen molar-refractivity contribution in [1.82, 2.24) is 16.0 Å². The van der Waals surface area contributed by atoms with E-state index in [0.29, 0.717) is 32.0 Å². The van der Waals surface area contributed by atoms with Crippen LogP contribution in [0.2, 0.25) is 0 Å². The third-order valence-corrected chi connectivity index (χ3v) is 4.75. The zero-order valence-electron chi connectivity index (χ0n) is 16.0. The van der Waals surface area contributed by atoms with Gasteiger partial charge in [-0.05, 0) is 37.0 Å². The predicted molar refractivity (Wildman–Crippen MR) is 105 cm³/mol. The maximum Gasteiger partial charge on any atom is 0.315 e. The average Bonchev–Trinajstić information content (AvgIpc) is 2.64. The monoisotopic (exact) mass is 360 g/mol. The van der Waals surface area contributed by atoms with Crippen LogP contribution in [0.25, 0.3) is 0 Å². The highest BCUT2D eigenvalue weighted by Crippen LogP contribution is 2.17. The number of nitrogens with one attached hydrogen (secondary N) is 3. The van der Waals surface area contributed by atoms with Crippen molar-refractivity contribution >= 4 is 17.6 Å². The van der Waals surface area contributed by atoms with Crippen molar-refractivity contribution in [2.45, 2.75) is 57.5 Å². The first kappa shape index (κ1) is 20.1. The summed E-state index contributed by atoms with van der Waals surface area (Å²) < 4.78 is 0. The Morgan fingerprint density at radius 2 is 1.73 bits per heavy atom. The van der Waals surface area contributed by atoms with Gasteiger partial charge in [0.15, 0.2) is 0 Å². The van der Waals surface area contributed by atoms with E-state index in [1.54, 1.807) is 0 Å². The summed E-state index contributed by atoms with van der Waals surface area (Å²) in [5.74, 6) is 0.0103. The van der Waals surface area contributed by atoms with Crippen LogP contribution in [0, 0.1) is 0 Å². The molecule has 3 N–H and O–H groups in total. The first-order chi connectivity index (χ1) is 12.5. The van der Waals surface area contributed by atoms with E-state index in [1.165, 1.54) is 19.3 Å². The lowest BCUT2D eigenvalue weighted by Gasteiger charge is -2.22. The summed E-state index contributed by atoms with van der Waals surface area (Å²) in [6.07, 6.45) is 6.88. The highest BCUT2D eigenvalue weighted by Gasteiger charge is 2.15. The van der Waals surface area contributed by atoms with E-state index in [1.807, 2.05) is 43.3 Å². The number of benzene rings is 1. The molecule has 1 saturated carbocycles.